The van der Waals surface area contributed by atoms with Crippen LogP contribution in [0.25, 0.3) is 0 Å². The van der Waals surface area contributed by atoms with Crippen LogP contribution in [0.2, 0.25) is 0 Å². The van der Waals surface area contributed by atoms with Gasteiger partial charge in [0.1, 0.15) is 5.75 Å². The molecule has 0 spiro atoms. The summed E-state index contributed by atoms with van der Waals surface area (Å²) in [5, 5.41) is 2.73. The number of para-hydroxylation sites is 1. The molecule has 2 aliphatic carbocycles. The second-order valence-corrected chi connectivity index (χ2v) is 6.57. The van der Waals surface area contributed by atoms with Crippen molar-refractivity contribution in [1.29, 1.82) is 0 Å². The molecule has 0 aromatic heterocycles. The SMILES string of the molecule is O=C(C[C@@H]1C[C@@H]2CC[C@@H]1C2)NCc1ccccc1OC(F)(F)F. The van der Waals surface area contributed by atoms with Crippen LogP contribution in [0.1, 0.15) is 37.7 Å². The minimum absolute atomic E-state index is 0.0475. The van der Waals surface area contributed by atoms with E-state index in [1.165, 1.54) is 37.5 Å². The van der Waals surface area contributed by atoms with Crippen LogP contribution in [-0.2, 0) is 11.3 Å². The molecular formula is C17H20F3NO2. The van der Waals surface area contributed by atoms with Crippen LogP contribution in [0.4, 0.5) is 13.2 Å². The Balaban J connectivity index is 1.53. The second kappa shape index (κ2) is 6.42. The van der Waals surface area contributed by atoms with Crippen molar-refractivity contribution in [2.75, 3.05) is 0 Å². The van der Waals surface area contributed by atoms with Crippen LogP contribution < -0.4 is 10.1 Å². The number of carbonyl (C=O) groups excluding carboxylic acids is 1. The van der Waals surface area contributed by atoms with Gasteiger partial charge < -0.3 is 10.1 Å². The summed E-state index contributed by atoms with van der Waals surface area (Å²) < 4.78 is 41.1. The molecule has 3 rings (SSSR count). The van der Waals surface area contributed by atoms with Gasteiger partial charge in [-0.25, -0.2) is 0 Å². The van der Waals surface area contributed by atoms with Gasteiger partial charge in [0, 0.05) is 18.5 Å². The highest BCUT2D eigenvalue weighted by Gasteiger charge is 2.40. The fourth-order valence-corrected chi connectivity index (χ4v) is 4.00. The van der Waals surface area contributed by atoms with Crippen LogP contribution in [-0.4, -0.2) is 12.3 Å². The Bertz CT molecular complexity index is 573. The van der Waals surface area contributed by atoms with Crippen molar-refractivity contribution in [3.05, 3.63) is 29.8 Å². The Morgan fingerprint density at radius 2 is 2.00 bits per heavy atom. The first-order valence-electron chi connectivity index (χ1n) is 8.01. The zero-order chi connectivity index (χ0) is 16.4. The van der Waals surface area contributed by atoms with E-state index in [9.17, 15) is 18.0 Å². The Morgan fingerprint density at radius 1 is 1.22 bits per heavy atom. The second-order valence-electron chi connectivity index (χ2n) is 6.57. The molecule has 2 bridgehead atoms. The molecule has 0 heterocycles. The van der Waals surface area contributed by atoms with Crippen molar-refractivity contribution < 1.29 is 22.7 Å². The summed E-state index contributed by atoms with van der Waals surface area (Å²) in [6.07, 6.45) is 0.592. The molecular weight excluding hydrogens is 307 g/mol. The first-order valence-corrected chi connectivity index (χ1v) is 8.01. The van der Waals surface area contributed by atoms with Gasteiger partial charge in [0.05, 0.1) is 0 Å². The standard InChI is InChI=1S/C17H20F3NO2/c18-17(19,20)23-15-4-2-1-3-13(15)10-21-16(22)9-14-8-11-5-6-12(14)7-11/h1-4,11-12,14H,5-10H2,(H,21,22)/t11-,12-,14+/m1/s1. The number of hydrogen-bond acceptors (Lipinski definition) is 2. The van der Waals surface area contributed by atoms with Gasteiger partial charge in [0.25, 0.3) is 0 Å². The van der Waals surface area contributed by atoms with Gasteiger partial charge in [-0.15, -0.1) is 13.2 Å². The predicted octanol–water partition coefficient (Wildman–Crippen LogP) is 4.03. The molecule has 1 N–H and O–H groups in total. The van der Waals surface area contributed by atoms with Crippen molar-refractivity contribution in [3.8, 4) is 5.75 Å². The smallest absolute Gasteiger partial charge is 0.405 e. The van der Waals surface area contributed by atoms with Crippen LogP contribution in [0.3, 0.4) is 0 Å². The minimum Gasteiger partial charge on any atom is -0.405 e. The first kappa shape index (κ1) is 16.1. The summed E-state index contributed by atoms with van der Waals surface area (Å²) in [5.41, 5.74) is 0.325. The lowest BCUT2D eigenvalue weighted by Crippen LogP contribution is -2.27. The number of fused-ring (bicyclic) bond motifs is 2. The third-order valence-electron chi connectivity index (χ3n) is 5.01. The molecule has 0 saturated heterocycles. The number of nitrogens with one attached hydrogen (secondary N) is 1. The van der Waals surface area contributed by atoms with E-state index >= 15 is 0 Å². The average Bonchev–Trinajstić information content (AvgIpc) is 3.07. The van der Waals surface area contributed by atoms with E-state index in [1.807, 2.05) is 0 Å². The van der Waals surface area contributed by atoms with Crippen LogP contribution in [0.15, 0.2) is 24.3 Å². The van der Waals surface area contributed by atoms with E-state index in [1.54, 1.807) is 6.07 Å². The molecule has 23 heavy (non-hydrogen) atoms. The number of benzene rings is 1. The van der Waals surface area contributed by atoms with E-state index < -0.39 is 6.36 Å². The fourth-order valence-electron chi connectivity index (χ4n) is 4.00. The van der Waals surface area contributed by atoms with Crippen LogP contribution in [0.5, 0.6) is 5.75 Å². The molecule has 1 amide bonds. The largest absolute Gasteiger partial charge is 0.573 e. The lowest BCUT2D eigenvalue weighted by atomic mass is 9.86. The third-order valence-corrected chi connectivity index (χ3v) is 5.01. The van der Waals surface area contributed by atoms with Gasteiger partial charge in [-0.3, -0.25) is 4.79 Å². The Kier molecular flexibility index (Phi) is 4.50. The number of carbonyl (C=O) groups is 1. The summed E-state index contributed by atoms with van der Waals surface area (Å²) in [5.74, 6) is 1.52. The van der Waals surface area contributed by atoms with Crippen molar-refractivity contribution in [3.63, 3.8) is 0 Å². The molecule has 2 aliphatic rings. The highest BCUT2D eigenvalue weighted by Crippen LogP contribution is 2.49. The molecule has 2 fully saturated rings. The summed E-state index contributed by atoms with van der Waals surface area (Å²) in [6, 6.07) is 5.88. The maximum absolute atomic E-state index is 12.4. The fraction of sp³-hybridized carbons (Fsp3) is 0.588. The van der Waals surface area contributed by atoms with E-state index in [0.717, 1.165) is 12.3 Å². The molecule has 6 heteroatoms. The average molecular weight is 327 g/mol. The molecule has 1 aromatic rings. The van der Waals surface area contributed by atoms with Gasteiger partial charge in [0.15, 0.2) is 0 Å². The number of amides is 1. The maximum atomic E-state index is 12.4. The molecule has 0 aliphatic heterocycles. The van der Waals surface area contributed by atoms with Crippen molar-refractivity contribution >= 4 is 5.91 Å². The zero-order valence-corrected chi connectivity index (χ0v) is 12.7. The number of halogens is 3. The van der Waals surface area contributed by atoms with Crippen LogP contribution >= 0.6 is 0 Å². The van der Waals surface area contributed by atoms with Gasteiger partial charge >= 0.3 is 6.36 Å². The summed E-state index contributed by atoms with van der Waals surface area (Å²) in [4.78, 5) is 12.1. The molecule has 3 atom stereocenters. The monoisotopic (exact) mass is 327 g/mol. The highest BCUT2D eigenvalue weighted by molar-refractivity contribution is 5.76. The maximum Gasteiger partial charge on any atom is 0.573 e. The van der Waals surface area contributed by atoms with Crippen molar-refractivity contribution in [2.24, 2.45) is 17.8 Å². The minimum atomic E-state index is -4.73. The van der Waals surface area contributed by atoms with Crippen molar-refractivity contribution in [2.45, 2.75) is 45.0 Å². The number of ether oxygens (including phenoxy) is 1. The Labute approximate surface area is 133 Å². The van der Waals surface area contributed by atoms with Gasteiger partial charge in [0.2, 0.25) is 5.91 Å². The molecule has 0 unspecified atom stereocenters. The van der Waals surface area contributed by atoms with E-state index in [0.29, 0.717) is 23.8 Å². The highest BCUT2D eigenvalue weighted by atomic mass is 19.4. The third kappa shape index (κ3) is 4.18. The topological polar surface area (TPSA) is 38.3 Å². The Hall–Kier alpha value is -1.72. The lowest BCUT2D eigenvalue weighted by molar-refractivity contribution is -0.274. The molecule has 2 saturated carbocycles. The van der Waals surface area contributed by atoms with E-state index in [2.05, 4.69) is 10.1 Å². The van der Waals surface area contributed by atoms with E-state index in [-0.39, 0.29) is 18.2 Å². The van der Waals surface area contributed by atoms with Crippen molar-refractivity contribution in [1.82, 2.24) is 5.32 Å². The number of rotatable bonds is 5. The van der Waals surface area contributed by atoms with Gasteiger partial charge in [-0.05, 0) is 43.1 Å². The summed E-state index contributed by atoms with van der Waals surface area (Å²) in [7, 11) is 0. The summed E-state index contributed by atoms with van der Waals surface area (Å²) >= 11 is 0. The Morgan fingerprint density at radius 3 is 2.65 bits per heavy atom. The number of alkyl halides is 3. The molecule has 0 radical (unpaired) electrons. The molecule has 3 nitrogen and oxygen atoms in total. The normalized spacial score (nSPS) is 26.3. The lowest BCUT2D eigenvalue weighted by Gasteiger charge is -2.21. The molecule has 1 aromatic carbocycles. The molecule has 126 valence electrons. The van der Waals surface area contributed by atoms with Gasteiger partial charge in [-0.2, -0.15) is 0 Å². The first-order chi connectivity index (χ1) is 10.9. The van der Waals surface area contributed by atoms with Gasteiger partial charge in [-0.1, -0.05) is 24.6 Å². The zero-order valence-electron chi connectivity index (χ0n) is 12.7. The van der Waals surface area contributed by atoms with Crippen LogP contribution in [0, 0.1) is 17.8 Å². The predicted molar refractivity (Wildman–Crippen MR) is 78.5 cm³/mol. The number of hydrogen-bond donors (Lipinski definition) is 1. The quantitative estimate of drug-likeness (QED) is 0.887. The summed E-state index contributed by atoms with van der Waals surface area (Å²) in [6.45, 7) is 0.0475. The van der Waals surface area contributed by atoms with E-state index in [4.69, 9.17) is 0 Å².